The highest BCUT2D eigenvalue weighted by atomic mass is 19.1. The van der Waals surface area contributed by atoms with Gasteiger partial charge in [-0.15, -0.1) is 0 Å². The van der Waals surface area contributed by atoms with Crippen LogP contribution >= 0.6 is 0 Å². The zero-order valence-electron chi connectivity index (χ0n) is 9.14. The average molecular weight is 231 g/mol. The van der Waals surface area contributed by atoms with Gasteiger partial charge < -0.3 is 5.11 Å². The van der Waals surface area contributed by atoms with E-state index in [-0.39, 0.29) is 11.4 Å². The molecule has 1 heterocycles. The van der Waals surface area contributed by atoms with Crippen LogP contribution in [0, 0.1) is 12.7 Å². The fourth-order valence-corrected chi connectivity index (χ4v) is 1.54. The number of carbonyl (C=O) groups is 1. The summed E-state index contributed by atoms with van der Waals surface area (Å²) in [6.07, 6.45) is 2.83. The number of rotatable bonds is 2. The van der Waals surface area contributed by atoms with Crippen LogP contribution in [0.15, 0.2) is 36.7 Å². The third-order valence-electron chi connectivity index (χ3n) is 2.48. The van der Waals surface area contributed by atoms with Crippen molar-refractivity contribution in [1.29, 1.82) is 0 Å². The smallest absolute Gasteiger partial charge is 0.337 e. The van der Waals surface area contributed by atoms with Crippen LogP contribution in [0.1, 0.15) is 15.9 Å². The van der Waals surface area contributed by atoms with Crippen molar-refractivity contribution in [2.75, 3.05) is 0 Å². The normalized spacial score (nSPS) is 10.2. The molecule has 0 saturated carbocycles. The molecule has 0 saturated heterocycles. The number of carboxylic acid groups (broad SMARTS) is 1. The van der Waals surface area contributed by atoms with E-state index in [1.54, 1.807) is 25.3 Å². The highest BCUT2D eigenvalue weighted by Gasteiger charge is 2.06. The number of aromatic carboxylic acids is 1. The number of nitrogens with zero attached hydrogens (tertiary/aromatic N) is 1. The fourth-order valence-electron chi connectivity index (χ4n) is 1.54. The summed E-state index contributed by atoms with van der Waals surface area (Å²) in [5, 5.41) is 8.85. The standard InChI is InChI=1S/C13H10FNO2/c1-8-4-9(2-3-12(8)14)10-5-11(13(16)17)7-15-6-10/h2-7H,1H3,(H,16,17). The molecule has 4 heteroatoms. The van der Waals surface area contributed by atoms with Crippen molar-refractivity contribution < 1.29 is 14.3 Å². The summed E-state index contributed by atoms with van der Waals surface area (Å²) >= 11 is 0. The second-order valence-corrected chi connectivity index (χ2v) is 3.73. The minimum absolute atomic E-state index is 0.115. The molecule has 0 aliphatic heterocycles. The molecule has 0 amide bonds. The minimum atomic E-state index is -1.03. The Balaban J connectivity index is 2.49. The van der Waals surface area contributed by atoms with E-state index in [0.717, 1.165) is 5.56 Å². The molecule has 3 nitrogen and oxygen atoms in total. The lowest BCUT2D eigenvalue weighted by atomic mass is 10.0. The van der Waals surface area contributed by atoms with Crippen molar-refractivity contribution in [3.05, 3.63) is 53.6 Å². The quantitative estimate of drug-likeness (QED) is 0.864. The Labute approximate surface area is 97.6 Å². The molecule has 0 fully saturated rings. The number of pyridine rings is 1. The summed E-state index contributed by atoms with van der Waals surface area (Å²) in [6, 6.07) is 6.14. The molecule has 17 heavy (non-hydrogen) atoms. The van der Waals surface area contributed by atoms with E-state index in [1.165, 1.54) is 18.3 Å². The average Bonchev–Trinajstić information content (AvgIpc) is 2.33. The summed E-state index contributed by atoms with van der Waals surface area (Å²) in [7, 11) is 0. The van der Waals surface area contributed by atoms with Crippen LogP contribution in [0.2, 0.25) is 0 Å². The van der Waals surface area contributed by atoms with Crippen LogP contribution in [-0.4, -0.2) is 16.1 Å². The van der Waals surface area contributed by atoms with Gasteiger partial charge in [0.2, 0.25) is 0 Å². The maximum atomic E-state index is 13.1. The Bertz CT molecular complexity index is 581. The summed E-state index contributed by atoms with van der Waals surface area (Å²) in [5.41, 5.74) is 2.04. The molecule has 0 bridgehead atoms. The molecular formula is C13H10FNO2. The van der Waals surface area contributed by atoms with Gasteiger partial charge in [-0.1, -0.05) is 6.07 Å². The molecule has 0 radical (unpaired) electrons. The summed E-state index contributed by atoms with van der Waals surface area (Å²) in [4.78, 5) is 14.7. The van der Waals surface area contributed by atoms with E-state index < -0.39 is 5.97 Å². The molecule has 1 aromatic heterocycles. The van der Waals surface area contributed by atoms with Crippen molar-refractivity contribution >= 4 is 5.97 Å². The van der Waals surface area contributed by atoms with Gasteiger partial charge in [-0.25, -0.2) is 9.18 Å². The molecule has 0 aliphatic rings. The van der Waals surface area contributed by atoms with Crippen molar-refractivity contribution in [2.45, 2.75) is 6.92 Å². The molecule has 1 N–H and O–H groups in total. The number of aromatic nitrogens is 1. The van der Waals surface area contributed by atoms with E-state index in [1.807, 2.05) is 0 Å². The van der Waals surface area contributed by atoms with Crippen LogP contribution < -0.4 is 0 Å². The topological polar surface area (TPSA) is 50.2 Å². The number of carboxylic acids is 1. The third-order valence-corrected chi connectivity index (χ3v) is 2.48. The van der Waals surface area contributed by atoms with Gasteiger partial charge in [0.15, 0.2) is 0 Å². The SMILES string of the molecule is Cc1cc(-c2cncc(C(=O)O)c2)ccc1F. The monoisotopic (exact) mass is 231 g/mol. The van der Waals surface area contributed by atoms with Crippen LogP contribution in [0.25, 0.3) is 11.1 Å². The number of benzene rings is 1. The van der Waals surface area contributed by atoms with E-state index in [0.29, 0.717) is 11.1 Å². The maximum Gasteiger partial charge on any atom is 0.337 e. The highest BCUT2D eigenvalue weighted by molar-refractivity contribution is 5.88. The lowest BCUT2D eigenvalue weighted by molar-refractivity contribution is 0.0696. The first-order chi connectivity index (χ1) is 8.08. The zero-order chi connectivity index (χ0) is 12.4. The highest BCUT2D eigenvalue weighted by Crippen LogP contribution is 2.21. The molecule has 2 aromatic rings. The largest absolute Gasteiger partial charge is 0.478 e. The first-order valence-corrected chi connectivity index (χ1v) is 5.03. The van der Waals surface area contributed by atoms with Gasteiger partial charge in [0.05, 0.1) is 5.56 Å². The molecule has 0 atom stereocenters. The minimum Gasteiger partial charge on any atom is -0.478 e. The van der Waals surface area contributed by atoms with Gasteiger partial charge in [0.1, 0.15) is 5.82 Å². The maximum absolute atomic E-state index is 13.1. The Morgan fingerprint density at radius 1 is 1.24 bits per heavy atom. The number of hydrogen-bond donors (Lipinski definition) is 1. The summed E-state index contributed by atoms with van der Waals surface area (Å²) < 4.78 is 13.1. The molecular weight excluding hydrogens is 221 g/mol. The van der Waals surface area contributed by atoms with Gasteiger partial charge in [0.25, 0.3) is 0 Å². The van der Waals surface area contributed by atoms with Crippen molar-refractivity contribution in [1.82, 2.24) is 4.98 Å². The first-order valence-electron chi connectivity index (χ1n) is 5.03. The van der Waals surface area contributed by atoms with Crippen molar-refractivity contribution in [3.63, 3.8) is 0 Å². The lowest BCUT2D eigenvalue weighted by Crippen LogP contribution is -1.97. The number of halogens is 1. The molecule has 0 spiro atoms. The van der Waals surface area contributed by atoms with Gasteiger partial charge in [0, 0.05) is 18.0 Å². The second-order valence-electron chi connectivity index (χ2n) is 3.73. The Hall–Kier alpha value is -2.23. The van der Waals surface area contributed by atoms with Crippen LogP contribution in [-0.2, 0) is 0 Å². The molecule has 0 aliphatic carbocycles. The third kappa shape index (κ3) is 2.30. The summed E-state index contributed by atoms with van der Waals surface area (Å²) in [6.45, 7) is 1.66. The Kier molecular flexibility index (Phi) is 2.87. The summed E-state index contributed by atoms with van der Waals surface area (Å²) in [5.74, 6) is -1.31. The van der Waals surface area contributed by atoms with Gasteiger partial charge in [-0.2, -0.15) is 0 Å². The number of aryl methyl sites for hydroxylation is 1. The molecule has 0 unspecified atom stereocenters. The van der Waals surface area contributed by atoms with Crippen LogP contribution in [0.5, 0.6) is 0 Å². The van der Waals surface area contributed by atoms with E-state index >= 15 is 0 Å². The van der Waals surface area contributed by atoms with E-state index in [4.69, 9.17) is 5.11 Å². The predicted octanol–water partition coefficient (Wildman–Crippen LogP) is 2.89. The Morgan fingerprint density at radius 2 is 2.00 bits per heavy atom. The van der Waals surface area contributed by atoms with Crippen LogP contribution in [0.4, 0.5) is 4.39 Å². The van der Waals surface area contributed by atoms with Crippen molar-refractivity contribution in [3.8, 4) is 11.1 Å². The molecule has 86 valence electrons. The molecule has 1 aromatic carbocycles. The number of hydrogen-bond acceptors (Lipinski definition) is 2. The van der Waals surface area contributed by atoms with E-state index in [2.05, 4.69) is 4.98 Å². The van der Waals surface area contributed by atoms with Gasteiger partial charge in [-0.3, -0.25) is 4.98 Å². The van der Waals surface area contributed by atoms with Gasteiger partial charge >= 0.3 is 5.97 Å². The van der Waals surface area contributed by atoms with Crippen molar-refractivity contribution in [2.24, 2.45) is 0 Å². The fraction of sp³-hybridized carbons (Fsp3) is 0.0769. The first kappa shape index (κ1) is 11.3. The Morgan fingerprint density at radius 3 is 2.65 bits per heavy atom. The van der Waals surface area contributed by atoms with Gasteiger partial charge in [-0.05, 0) is 36.2 Å². The second kappa shape index (κ2) is 4.33. The predicted molar refractivity (Wildman–Crippen MR) is 61.3 cm³/mol. The molecule has 2 rings (SSSR count). The lowest BCUT2D eigenvalue weighted by Gasteiger charge is -2.04. The van der Waals surface area contributed by atoms with Crippen LogP contribution in [0.3, 0.4) is 0 Å². The zero-order valence-corrected chi connectivity index (χ0v) is 9.14. The van der Waals surface area contributed by atoms with E-state index in [9.17, 15) is 9.18 Å².